The van der Waals surface area contributed by atoms with Crippen LogP contribution >= 0.6 is 0 Å². The first-order valence-corrected chi connectivity index (χ1v) is 7.24. The summed E-state index contributed by atoms with van der Waals surface area (Å²) >= 11 is 0. The van der Waals surface area contributed by atoms with Crippen LogP contribution in [0.25, 0.3) is 0 Å². The lowest BCUT2D eigenvalue weighted by atomic mass is 9.91. The highest BCUT2D eigenvalue weighted by atomic mass is 16.7. The molecule has 0 saturated heterocycles. The fourth-order valence-electron chi connectivity index (χ4n) is 2.93. The number of nitrogens with zero attached hydrogens (tertiary/aromatic N) is 1. The SMILES string of the molecule is Nc1cc2c(c(CN(CCO)C3CCC3)c1)OCOC2. The van der Waals surface area contributed by atoms with Crippen LogP contribution in [0.1, 0.15) is 30.4 Å². The van der Waals surface area contributed by atoms with Crippen molar-refractivity contribution < 1.29 is 14.6 Å². The van der Waals surface area contributed by atoms with Gasteiger partial charge in [-0.25, -0.2) is 0 Å². The van der Waals surface area contributed by atoms with E-state index < -0.39 is 0 Å². The summed E-state index contributed by atoms with van der Waals surface area (Å²) in [6, 6.07) is 4.48. The molecule has 1 fully saturated rings. The molecule has 3 rings (SSSR count). The second kappa shape index (κ2) is 5.99. The second-order valence-corrected chi connectivity index (χ2v) is 5.56. The molecule has 5 nitrogen and oxygen atoms in total. The largest absolute Gasteiger partial charge is 0.467 e. The Kier molecular flexibility index (Phi) is 4.10. The third-order valence-corrected chi connectivity index (χ3v) is 4.16. The highest BCUT2D eigenvalue weighted by Gasteiger charge is 2.26. The van der Waals surface area contributed by atoms with Crippen molar-refractivity contribution in [2.24, 2.45) is 0 Å². The highest BCUT2D eigenvalue weighted by molar-refractivity contribution is 5.53. The lowest BCUT2D eigenvalue weighted by molar-refractivity contribution is -0.0179. The molecular formula is C15H22N2O3. The van der Waals surface area contributed by atoms with Crippen molar-refractivity contribution in [2.75, 3.05) is 25.7 Å². The molecule has 1 aromatic carbocycles. The van der Waals surface area contributed by atoms with E-state index in [1.165, 1.54) is 19.3 Å². The summed E-state index contributed by atoms with van der Waals surface area (Å²) in [6.07, 6.45) is 3.72. The van der Waals surface area contributed by atoms with Crippen molar-refractivity contribution in [3.05, 3.63) is 23.3 Å². The molecule has 0 bridgehead atoms. The van der Waals surface area contributed by atoms with Crippen LogP contribution in [0.2, 0.25) is 0 Å². The van der Waals surface area contributed by atoms with E-state index >= 15 is 0 Å². The average Bonchev–Trinajstić information content (AvgIpc) is 2.36. The maximum absolute atomic E-state index is 9.26. The van der Waals surface area contributed by atoms with E-state index in [-0.39, 0.29) is 6.61 Å². The number of aliphatic hydroxyl groups is 1. The molecule has 2 aliphatic rings. The Balaban J connectivity index is 1.82. The van der Waals surface area contributed by atoms with Gasteiger partial charge in [0.1, 0.15) is 5.75 Å². The zero-order valence-electron chi connectivity index (χ0n) is 11.7. The van der Waals surface area contributed by atoms with Gasteiger partial charge in [-0.1, -0.05) is 6.42 Å². The van der Waals surface area contributed by atoms with E-state index in [1.807, 2.05) is 12.1 Å². The Labute approximate surface area is 119 Å². The van der Waals surface area contributed by atoms with E-state index in [9.17, 15) is 5.11 Å². The molecule has 3 N–H and O–H groups in total. The van der Waals surface area contributed by atoms with Gasteiger partial charge in [-0.05, 0) is 25.0 Å². The van der Waals surface area contributed by atoms with Crippen LogP contribution < -0.4 is 10.5 Å². The summed E-state index contributed by atoms with van der Waals surface area (Å²) in [5, 5.41) is 9.26. The molecule has 1 aliphatic heterocycles. The number of ether oxygens (including phenoxy) is 2. The molecule has 0 aromatic heterocycles. The minimum atomic E-state index is 0.185. The number of nitrogen functional groups attached to an aromatic ring is 1. The Morgan fingerprint density at radius 2 is 2.20 bits per heavy atom. The van der Waals surface area contributed by atoms with Gasteiger partial charge in [0.2, 0.25) is 0 Å². The Hall–Kier alpha value is -1.30. The van der Waals surface area contributed by atoms with Crippen molar-refractivity contribution in [1.82, 2.24) is 4.90 Å². The summed E-state index contributed by atoms with van der Waals surface area (Å²) in [5.41, 5.74) is 8.84. The molecule has 1 aliphatic carbocycles. The van der Waals surface area contributed by atoms with Crippen LogP contribution in [0.15, 0.2) is 12.1 Å². The van der Waals surface area contributed by atoms with E-state index in [2.05, 4.69) is 4.90 Å². The van der Waals surface area contributed by atoms with Crippen LogP contribution in [0.4, 0.5) is 5.69 Å². The number of anilines is 1. The summed E-state index contributed by atoms with van der Waals surface area (Å²) < 4.78 is 11.0. The van der Waals surface area contributed by atoms with Crippen molar-refractivity contribution >= 4 is 5.69 Å². The first-order chi connectivity index (χ1) is 9.78. The fraction of sp³-hybridized carbons (Fsp3) is 0.600. The minimum Gasteiger partial charge on any atom is -0.467 e. The normalized spacial score (nSPS) is 18.5. The molecule has 0 unspecified atom stereocenters. The van der Waals surface area contributed by atoms with Crippen LogP contribution in [0, 0.1) is 0 Å². The lowest BCUT2D eigenvalue weighted by Gasteiger charge is -2.37. The number of benzene rings is 1. The summed E-state index contributed by atoms with van der Waals surface area (Å²) in [5.74, 6) is 0.910. The number of nitrogens with two attached hydrogens (primary N) is 1. The third kappa shape index (κ3) is 2.75. The molecule has 0 spiro atoms. The van der Waals surface area contributed by atoms with Gasteiger partial charge < -0.3 is 20.3 Å². The van der Waals surface area contributed by atoms with Gasteiger partial charge in [-0.3, -0.25) is 4.90 Å². The zero-order chi connectivity index (χ0) is 13.9. The maximum atomic E-state index is 9.26. The molecule has 0 atom stereocenters. The average molecular weight is 278 g/mol. The number of rotatable bonds is 5. The molecule has 5 heteroatoms. The predicted octanol–water partition coefficient (Wildman–Crippen LogP) is 1.48. The van der Waals surface area contributed by atoms with Crippen molar-refractivity contribution in [3.63, 3.8) is 0 Å². The van der Waals surface area contributed by atoms with E-state index in [0.717, 1.165) is 29.1 Å². The number of fused-ring (bicyclic) bond motifs is 1. The van der Waals surface area contributed by atoms with Gasteiger partial charge >= 0.3 is 0 Å². The highest BCUT2D eigenvalue weighted by Crippen LogP contribution is 2.33. The van der Waals surface area contributed by atoms with Gasteiger partial charge in [0.05, 0.1) is 13.2 Å². The molecule has 1 aromatic rings. The van der Waals surface area contributed by atoms with Crippen LogP contribution in [-0.4, -0.2) is 36.0 Å². The second-order valence-electron chi connectivity index (χ2n) is 5.56. The topological polar surface area (TPSA) is 68.0 Å². The van der Waals surface area contributed by atoms with Crippen LogP contribution in [0.3, 0.4) is 0 Å². The first-order valence-electron chi connectivity index (χ1n) is 7.24. The maximum Gasteiger partial charge on any atom is 0.189 e. The van der Waals surface area contributed by atoms with E-state index in [4.69, 9.17) is 15.2 Å². The van der Waals surface area contributed by atoms with Gasteiger partial charge in [0.25, 0.3) is 0 Å². The van der Waals surface area contributed by atoms with Gasteiger partial charge in [0, 0.05) is 35.9 Å². The molecule has 110 valence electrons. The van der Waals surface area contributed by atoms with E-state index in [1.54, 1.807) is 0 Å². The van der Waals surface area contributed by atoms with Crippen LogP contribution in [0.5, 0.6) is 5.75 Å². The van der Waals surface area contributed by atoms with Gasteiger partial charge in [0.15, 0.2) is 6.79 Å². The molecule has 1 saturated carbocycles. The molecular weight excluding hydrogens is 256 g/mol. The van der Waals surface area contributed by atoms with Gasteiger partial charge in [-0.15, -0.1) is 0 Å². The van der Waals surface area contributed by atoms with E-state index in [0.29, 0.717) is 26.0 Å². The summed E-state index contributed by atoms with van der Waals surface area (Å²) in [4.78, 5) is 2.33. The Morgan fingerprint density at radius 3 is 2.90 bits per heavy atom. The summed E-state index contributed by atoms with van der Waals surface area (Å²) in [6.45, 7) is 2.51. The van der Waals surface area contributed by atoms with Crippen molar-refractivity contribution in [3.8, 4) is 5.75 Å². The molecule has 0 radical (unpaired) electrons. The number of aliphatic hydroxyl groups excluding tert-OH is 1. The van der Waals surface area contributed by atoms with Gasteiger partial charge in [-0.2, -0.15) is 0 Å². The summed E-state index contributed by atoms with van der Waals surface area (Å²) in [7, 11) is 0. The Bertz CT molecular complexity index is 474. The quantitative estimate of drug-likeness (QED) is 0.799. The number of hydrogen-bond acceptors (Lipinski definition) is 5. The first kappa shape index (κ1) is 13.7. The minimum absolute atomic E-state index is 0.185. The monoisotopic (exact) mass is 278 g/mol. The van der Waals surface area contributed by atoms with Crippen molar-refractivity contribution in [1.29, 1.82) is 0 Å². The lowest BCUT2D eigenvalue weighted by Crippen LogP contribution is -2.41. The smallest absolute Gasteiger partial charge is 0.189 e. The number of hydrogen-bond donors (Lipinski definition) is 2. The zero-order valence-corrected chi connectivity index (χ0v) is 11.7. The Morgan fingerprint density at radius 1 is 1.35 bits per heavy atom. The molecule has 20 heavy (non-hydrogen) atoms. The van der Waals surface area contributed by atoms with Crippen molar-refractivity contribution in [2.45, 2.75) is 38.5 Å². The fourth-order valence-corrected chi connectivity index (χ4v) is 2.93. The third-order valence-electron chi connectivity index (χ3n) is 4.16. The predicted molar refractivity (Wildman–Crippen MR) is 76.3 cm³/mol. The molecule has 1 heterocycles. The van der Waals surface area contributed by atoms with Crippen LogP contribution in [-0.2, 0) is 17.9 Å². The standard InChI is InChI=1S/C15H22N2O3/c16-13-6-11(15-12(7-13)9-19-10-20-15)8-17(4-5-18)14-2-1-3-14/h6-7,14,18H,1-5,8-10,16H2. The molecule has 0 amide bonds.